The van der Waals surface area contributed by atoms with Gasteiger partial charge in [0.2, 0.25) is 0 Å². The predicted molar refractivity (Wildman–Crippen MR) is 68.7 cm³/mol. The first-order valence-electron chi connectivity index (χ1n) is 5.17. The van der Waals surface area contributed by atoms with E-state index in [1.54, 1.807) is 0 Å². The molecule has 0 heterocycles. The second-order valence-electron chi connectivity index (χ2n) is 2.81. The molecule has 0 saturated carbocycles. The van der Waals surface area contributed by atoms with E-state index in [-0.39, 0.29) is 6.42 Å². The molecule has 4 heteroatoms. The molecule has 1 atom stereocenters. The summed E-state index contributed by atoms with van der Waals surface area (Å²) in [5.74, 6) is 0.146. The molecular formula is C10H22O2S2. The van der Waals surface area contributed by atoms with Crippen LogP contribution in [0.1, 0.15) is 46.0 Å². The Morgan fingerprint density at radius 1 is 1.29 bits per heavy atom. The summed E-state index contributed by atoms with van der Waals surface area (Å²) in [6.07, 6.45) is 3.99. The van der Waals surface area contributed by atoms with Crippen LogP contribution >= 0.6 is 25.3 Å². The number of unbranched alkanes of at least 4 members (excludes halogenated alkanes) is 1. The fraction of sp³-hybridized carbons (Fsp3) is 0.900. The minimum atomic E-state index is -0.708. The van der Waals surface area contributed by atoms with Crippen molar-refractivity contribution in [1.82, 2.24) is 0 Å². The lowest BCUT2D eigenvalue weighted by Gasteiger charge is -2.06. The SMILES string of the molecule is CC.O=C(O)CCCCC(S)CCS. The molecule has 0 aromatic rings. The van der Waals surface area contributed by atoms with Crippen LogP contribution in [0.2, 0.25) is 0 Å². The van der Waals surface area contributed by atoms with E-state index < -0.39 is 5.97 Å². The van der Waals surface area contributed by atoms with Crippen molar-refractivity contribution in [1.29, 1.82) is 0 Å². The molecule has 2 nitrogen and oxygen atoms in total. The van der Waals surface area contributed by atoms with Gasteiger partial charge in [0.15, 0.2) is 0 Å². The number of carboxylic acids is 1. The maximum absolute atomic E-state index is 10.1. The van der Waals surface area contributed by atoms with Gasteiger partial charge in [0, 0.05) is 11.7 Å². The van der Waals surface area contributed by atoms with Gasteiger partial charge in [-0.1, -0.05) is 20.3 Å². The Hall–Kier alpha value is 0.170. The van der Waals surface area contributed by atoms with E-state index in [0.29, 0.717) is 5.25 Å². The lowest BCUT2D eigenvalue weighted by molar-refractivity contribution is -0.137. The Morgan fingerprint density at radius 2 is 1.86 bits per heavy atom. The van der Waals surface area contributed by atoms with Gasteiger partial charge in [0.05, 0.1) is 0 Å². The lowest BCUT2D eigenvalue weighted by atomic mass is 10.1. The summed E-state index contributed by atoms with van der Waals surface area (Å²) in [7, 11) is 0. The summed E-state index contributed by atoms with van der Waals surface area (Å²) >= 11 is 8.43. The minimum absolute atomic E-state index is 0.279. The third kappa shape index (κ3) is 14.7. The molecule has 1 N–H and O–H groups in total. The standard InChI is InChI=1S/C8H16O2S2.C2H6/c9-8(10)4-2-1-3-7(12)5-6-11;1-2/h7,11-12H,1-6H2,(H,9,10);1-2H3. The van der Waals surface area contributed by atoms with Gasteiger partial charge in [-0.15, -0.1) is 0 Å². The zero-order valence-electron chi connectivity index (χ0n) is 9.07. The van der Waals surface area contributed by atoms with E-state index in [1.807, 2.05) is 13.8 Å². The fourth-order valence-electron chi connectivity index (χ4n) is 0.950. The van der Waals surface area contributed by atoms with Crippen LogP contribution < -0.4 is 0 Å². The number of hydrogen-bond donors (Lipinski definition) is 3. The molecule has 0 bridgehead atoms. The summed E-state index contributed by atoms with van der Waals surface area (Å²) in [4.78, 5) is 10.1. The summed E-state index contributed by atoms with van der Waals surface area (Å²) < 4.78 is 0. The number of aliphatic carboxylic acids is 1. The smallest absolute Gasteiger partial charge is 0.303 e. The lowest BCUT2D eigenvalue weighted by Crippen LogP contribution is -2.00. The van der Waals surface area contributed by atoms with Crippen molar-refractivity contribution in [2.75, 3.05) is 5.75 Å². The molecule has 0 aromatic carbocycles. The molecule has 0 aliphatic rings. The van der Waals surface area contributed by atoms with Gasteiger partial charge in [-0.3, -0.25) is 4.79 Å². The van der Waals surface area contributed by atoms with Crippen molar-refractivity contribution in [2.45, 2.75) is 51.2 Å². The molecule has 0 aliphatic heterocycles. The van der Waals surface area contributed by atoms with Crippen LogP contribution in [0.3, 0.4) is 0 Å². The molecule has 86 valence electrons. The van der Waals surface area contributed by atoms with E-state index >= 15 is 0 Å². The van der Waals surface area contributed by atoms with E-state index in [1.165, 1.54) is 0 Å². The van der Waals surface area contributed by atoms with E-state index in [2.05, 4.69) is 25.3 Å². The Kier molecular flexibility index (Phi) is 15.6. The van der Waals surface area contributed by atoms with Gasteiger partial charge in [-0.05, 0) is 25.0 Å². The van der Waals surface area contributed by atoms with Crippen LogP contribution in [-0.4, -0.2) is 22.1 Å². The fourth-order valence-corrected chi connectivity index (χ4v) is 1.78. The normalized spacial score (nSPS) is 11.4. The van der Waals surface area contributed by atoms with Crippen molar-refractivity contribution >= 4 is 31.2 Å². The Labute approximate surface area is 98.3 Å². The first kappa shape index (κ1) is 16.6. The van der Waals surface area contributed by atoms with E-state index in [4.69, 9.17) is 5.11 Å². The summed E-state index contributed by atoms with van der Waals surface area (Å²) in [5.41, 5.74) is 0. The van der Waals surface area contributed by atoms with Crippen molar-refractivity contribution in [3.8, 4) is 0 Å². The van der Waals surface area contributed by atoms with Gasteiger partial charge in [-0.25, -0.2) is 0 Å². The van der Waals surface area contributed by atoms with Crippen LogP contribution in [0, 0.1) is 0 Å². The van der Waals surface area contributed by atoms with Crippen LogP contribution in [-0.2, 0) is 4.79 Å². The predicted octanol–water partition coefficient (Wildman–Crippen LogP) is 3.28. The van der Waals surface area contributed by atoms with Gasteiger partial charge in [-0.2, -0.15) is 25.3 Å². The maximum Gasteiger partial charge on any atom is 0.303 e. The summed E-state index contributed by atoms with van der Waals surface area (Å²) in [6.45, 7) is 4.00. The average molecular weight is 238 g/mol. The first-order chi connectivity index (χ1) is 6.66. The van der Waals surface area contributed by atoms with Gasteiger partial charge in [0.1, 0.15) is 0 Å². The van der Waals surface area contributed by atoms with Crippen molar-refractivity contribution in [2.24, 2.45) is 0 Å². The quantitative estimate of drug-likeness (QED) is 0.470. The molecule has 0 fully saturated rings. The number of hydrogen-bond acceptors (Lipinski definition) is 3. The minimum Gasteiger partial charge on any atom is -0.481 e. The topological polar surface area (TPSA) is 37.3 Å². The highest BCUT2D eigenvalue weighted by molar-refractivity contribution is 7.81. The van der Waals surface area contributed by atoms with E-state index in [0.717, 1.165) is 31.4 Å². The summed E-state index contributed by atoms with van der Waals surface area (Å²) in [5, 5.41) is 8.74. The second-order valence-corrected chi connectivity index (χ2v) is 3.98. The highest BCUT2D eigenvalue weighted by atomic mass is 32.1. The number of carbonyl (C=O) groups is 1. The zero-order chi connectivity index (χ0) is 11.4. The molecule has 0 rings (SSSR count). The third-order valence-electron chi connectivity index (χ3n) is 1.64. The maximum atomic E-state index is 10.1. The number of rotatable bonds is 7. The molecule has 0 radical (unpaired) electrons. The largest absolute Gasteiger partial charge is 0.481 e. The average Bonchev–Trinajstić information content (AvgIpc) is 2.16. The zero-order valence-corrected chi connectivity index (χ0v) is 10.9. The Bertz CT molecular complexity index is 129. The highest BCUT2D eigenvalue weighted by Gasteiger charge is 2.02. The Morgan fingerprint density at radius 3 is 2.29 bits per heavy atom. The molecule has 14 heavy (non-hydrogen) atoms. The first-order valence-corrected chi connectivity index (χ1v) is 6.32. The molecule has 0 saturated heterocycles. The van der Waals surface area contributed by atoms with Crippen LogP contribution in [0.25, 0.3) is 0 Å². The molecule has 1 unspecified atom stereocenters. The van der Waals surface area contributed by atoms with E-state index in [9.17, 15) is 4.79 Å². The van der Waals surface area contributed by atoms with Crippen LogP contribution in [0.4, 0.5) is 0 Å². The molecule has 0 aliphatic carbocycles. The van der Waals surface area contributed by atoms with Gasteiger partial charge >= 0.3 is 5.97 Å². The van der Waals surface area contributed by atoms with Crippen molar-refractivity contribution in [3.63, 3.8) is 0 Å². The molecular weight excluding hydrogens is 216 g/mol. The number of carboxylic acid groups (broad SMARTS) is 1. The van der Waals surface area contributed by atoms with Gasteiger partial charge in [0.25, 0.3) is 0 Å². The van der Waals surface area contributed by atoms with Gasteiger partial charge < -0.3 is 5.11 Å². The monoisotopic (exact) mass is 238 g/mol. The highest BCUT2D eigenvalue weighted by Crippen LogP contribution is 2.12. The third-order valence-corrected chi connectivity index (χ3v) is 2.41. The van der Waals surface area contributed by atoms with Crippen molar-refractivity contribution in [3.05, 3.63) is 0 Å². The second kappa shape index (κ2) is 13.2. The Balaban J connectivity index is 0. The molecule has 0 spiro atoms. The molecule has 0 aromatic heterocycles. The van der Waals surface area contributed by atoms with Crippen LogP contribution in [0.5, 0.6) is 0 Å². The number of thiol groups is 2. The van der Waals surface area contributed by atoms with Crippen molar-refractivity contribution < 1.29 is 9.90 Å². The summed E-state index contributed by atoms with van der Waals surface area (Å²) in [6, 6.07) is 0. The van der Waals surface area contributed by atoms with Crippen LogP contribution in [0.15, 0.2) is 0 Å². The molecule has 0 amide bonds.